The number of aromatic amines is 1. The minimum atomic E-state index is -2.88. The fourth-order valence-electron chi connectivity index (χ4n) is 5.95. The highest BCUT2D eigenvalue weighted by Crippen LogP contribution is 2.39. The van der Waals surface area contributed by atoms with E-state index in [0.717, 1.165) is 30.6 Å². The van der Waals surface area contributed by atoms with Crippen molar-refractivity contribution in [1.82, 2.24) is 25.3 Å². The second-order valence-corrected chi connectivity index (χ2v) is 10.6. The lowest BCUT2D eigenvalue weighted by Gasteiger charge is -2.40. The van der Waals surface area contributed by atoms with Gasteiger partial charge in [0.1, 0.15) is 23.2 Å². The van der Waals surface area contributed by atoms with Crippen LogP contribution in [0.1, 0.15) is 65.1 Å². The van der Waals surface area contributed by atoms with Crippen molar-refractivity contribution in [1.29, 1.82) is 0 Å². The van der Waals surface area contributed by atoms with Crippen molar-refractivity contribution in [3.8, 4) is 0 Å². The van der Waals surface area contributed by atoms with E-state index in [0.29, 0.717) is 22.6 Å². The molecule has 0 spiro atoms. The lowest BCUT2D eigenvalue weighted by molar-refractivity contribution is -0.169. The molecule has 3 atom stereocenters. The van der Waals surface area contributed by atoms with Crippen LogP contribution in [-0.4, -0.2) is 64.1 Å². The number of nitrogens with zero attached hydrogens (tertiary/aromatic N) is 3. The maximum Gasteiger partial charge on any atom is 0.282 e. The molecule has 4 heterocycles. The molecular formula is C26H28F3N5O4. The van der Waals surface area contributed by atoms with Crippen molar-refractivity contribution in [2.75, 3.05) is 26.3 Å². The van der Waals surface area contributed by atoms with E-state index in [1.54, 1.807) is 19.1 Å². The third-order valence-corrected chi connectivity index (χ3v) is 8.04. The molecule has 12 heteroatoms. The van der Waals surface area contributed by atoms with Crippen LogP contribution in [0.25, 0.3) is 11.0 Å². The maximum atomic E-state index is 15.9. The van der Waals surface area contributed by atoms with E-state index < -0.39 is 48.6 Å². The van der Waals surface area contributed by atoms with E-state index in [4.69, 9.17) is 9.26 Å². The van der Waals surface area contributed by atoms with Crippen molar-refractivity contribution in [3.63, 3.8) is 0 Å². The van der Waals surface area contributed by atoms with Gasteiger partial charge in [-0.25, -0.2) is 18.2 Å². The van der Waals surface area contributed by atoms with Gasteiger partial charge in [-0.15, -0.1) is 0 Å². The Kier molecular flexibility index (Phi) is 6.16. The van der Waals surface area contributed by atoms with Crippen LogP contribution in [0.15, 0.2) is 22.9 Å². The Morgan fingerprint density at radius 2 is 1.97 bits per heavy atom. The molecule has 1 aromatic carbocycles. The van der Waals surface area contributed by atoms with E-state index in [1.165, 1.54) is 6.26 Å². The Morgan fingerprint density at radius 1 is 1.21 bits per heavy atom. The molecular weight excluding hydrogens is 503 g/mol. The van der Waals surface area contributed by atoms with Gasteiger partial charge in [-0.3, -0.25) is 9.59 Å². The molecule has 38 heavy (non-hydrogen) atoms. The highest BCUT2D eigenvalue weighted by Gasteiger charge is 2.50. The third-order valence-electron chi connectivity index (χ3n) is 8.04. The minimum absolute atomic E-state index is 0.0485. The number of H-pyrrole nitrogens is 1. The molecule has 3 aromatic rings. The number of imidazole rings is 1. The number of halogens is 3. The SMILES string of the molecule is Cc1nocc1C(=O)N[C@H](c1nc2c(F)c(C3COCC3C(=O)N3CC(F)(F)C3)ccc2[nH]1)C1CCCC1. The smallest absolute Gasteiger partial charge is 0.282 e. The quantitative estimate of drug-likeness (QED) is 0.500. The van der Waals surface area contributed by atoms with Gasteiger partial charge in [0.2, 0.25) is 5.91 Å². The normalized spacial score (nSPS) is 24.1. The van der Waals surface area contributed by atoms with Crippen molar-refractivity contribution in [2.45, 2.75) is 50.5 Å². The summed E-state index contributed by atoms with van der Waals surface area (Å²) in [6.07, 6.45) is 5.15. The number of hydrogen-bond acceptors (Lipinski definition) is 6. The standard InChI is InChI=1S/C26H28F3N5O4/c1-13-16(10-38-33-13)24(35)32-21(14-4-2-3-5-14)23-30-19-7-6-15(20(27)22(19)31-23)17-8-37-9-18(17)25(36)34-11-26(28,29)12-34/h6-7,10,14,17-18,21H,2-5,8-9,11-12H2,1H3,(H,30,31)(H,32,35)/t17?,18?,21-/m0/s1. The Balaban J connectivity index is 1.29. The Hall–Kier alpha value is -3.41. The predicted molar refractivity (Wildman–Crippen MR) is 128 cm³/mol. The molecule has 1 saturated carbocycles. The van der Waals surface area contributed by atoms with Crippen LogP contribution >= 0.6 is 0 Å². The largest absolute Gasteiger partial charge is 0.380 e. The summed E-state index contributed by atoms with van der Waals surface area (Å²) < 4.78 is 52.9. The van der Waals surface area contributed by atoms with Gasteiger partial charge in [0.25, 0.3) is 11.8 Å². The molecule has 9 nitrogen and oxygen atoms in total. The fourth-order valence-corrected chi connectivity index (χ4v) is 5.95. The van der Waals surface area contributed by atoms with Crippen LogP contribution < -0.4 is 5.32 Å². The lowest BCUT2D eigenvalue weighted by atomic mass is 9.86. The second kappa shape index (κ2) is 9.40. The molecule has 2 amide bonds. The summed E-state index contributed by atoms with van der Waals surface area (Å²) >= 11 is 0. The zero-order chi connectivity index (χ0) is 26.6. The number of hydrogen-bond donors (Lipinski definition) is 2. The topological polar surface area (TPSA) is 113 Å². The molecule has 2 unspecified atom stereocenters. The molecule has 2 aliphatic heterocycles. The number of alkyl halides is 2. The summed E-state index contributed by atoms with van der Waals surface area (Å²) in [6.45, 7) is 0.593. The molecule has 1 aliphatic carbocycles. The molecule has 2 N–H and O–H groups in total. The van der Waals surface area contributed by atoms with Gasteiger partial charge >= 0.3 is 0 Å². The summed E-state index contributed by atoms with van der Waals surface area (Å²) in [7, 11) is 0. The van der Waals surface area contributed by atoms with Gasteiger partial charge < -0.3 is 24.5 Å². The average molecular weight is 532 g/mol. The summed E-state index contributed by atoms with van der Waals surface area (Å²) in [5.41, 5.74) is 1.63. The van der Waals surface area contributed by atoms with Crippen LogP contribution in [-0.2, 0) is 9.53 Å². The number of fused-ring (bicyclic) bond motifs is 1. The minimum Gasteiger partial charge on any atom is -0.380 e. The first-order chi connectivity index (χ1) is 18.2. The van der Waals surface area contributed by atoms with E-state index >= 15 is 4.39 Å². The van der Waals surface area contributed by atoms with Crippen LogP contribution in [0.5, 0.6) is 0 Å². The van der Waals surface area contributed by atoms with E-state index in [9.17, 15) is 18.4 Å². The number of carbonyl (C=O) groups is 2. The van der Waals surface area contributed by atoms with Crippen molar-refractivity contribution in [2.24, 2.45) is 11.8 Å². The number of rotatable bonds is 6. The average Bonchev–Trinajstić information content (AvgIpc) is 3.67. The number of nitrogens with one attached hydrogen (secondary N) is 2. The Bertz CT molecular complexity index is 1370. The van der Waals surface area contributed by atoms with Crippen molar-refractivity contribution in [3.05, 3.63) is 46.9 Å². The van der Waals surface area contributed by atoms with Crippen LogP contribution in [0.4, 0.5) is 13.2 Å². The highest BCUT2D eigenvalue weighted by molar-refractivity contribution is 5.95. The Labute approximate surface area is 216 Å². The Morgan fingerprint density at radius 3 is 2.66 bits per heavy atom. The molecule has 0 bridgehead atoms. The monoisotopic (exact) mass is 531 g/mol. The summed E-state index contributed by atoms with van der Waals surface area (Å²) in [5, 5.41) is 6.81. The molecule has 2 aromatic heterocycles. The van der Waals surface area contributed by atoms with Gasteiger partial charge in [0.05, 0.1) is 49.5 Å². The van der Waals surface area contributed by atoms with Crippen LogP contribution in [0.3, 0.4) is 0 Å². The van der Waals surface area contributed by atoms with Gasteiger partial charge in [0.15, 0.2) is 5.82 Å². The van der Waals surface area contributed by atoms with Gasteiger partial charge in [0, 0.05) is 5.92 Å². The lowest BCUT2D eigenvalue weighted by Crippen LogP contribution is -2.60. The molecule has 3 aliphatic rings. The number of aromatic nitrogens is 3. The number of ether oxygens (including phenoxy) is 1. The molecule has 6 rings (SSSR count). The molecule has 202 valence electrons. The summed E-state index contributed by atoms with van der Waals surface area (Å²) in [5.74, 6) is -5.03. The highest BCUT2D eigenvalue weighted by atomic mass is 19.3. The molecule has 2 saturated heterocycles. The van der Waals surface area contributed by atoms with E-state index in [2.05, 4.69) is 20.4 Å². The van der Waals surface area contributed by atoms with E-state index in [1.807, 2.05) is 0 Å². The number of benzene rings is 1. The number of carbonyl (C=O) groups excluding carboxylic acids is 2. The first-order valence-corrected chi connectivity index (χ1v) is 12.9. The summed E-state index contributed by atoms with van der Waals surface area (Å²) in [4.78, 5) is 34.7. The van der Waals surface area contributed by atoms with Gasteiger partial charge in [-0.2, -0.15) is 0 Å². The molecule has 0 radical (unpaired) electrons. The van der Waals surface area contributed by atoms with Crippen LogP contribution in [0, 0.1) is 24.6 Å². The van der Waals surface area contributed by atoms with Gasteiger partial charge in [-0.1, -0.05) is 24.1 Å². The zero-order valence-corrected chi connectivity index (χ0v) is 20.8. The maximum absolute atomic E-state index is 15.9. The number of amides is 2. The van der Waals surface area contributed by atoms with Gasteiger partial charge in [-0.05, 0) is 37.3 Å². The summed E-state index contributed by atoms with van der Waals surface area (Å²) in [6, 6.07) is 2.82. The first kappa shape index (κ1) is 24.9. The predicted octanol–water partition coefficient (Wildman–Crippen LogP) is 3.87. The fraction of sp³-hybridized carbons (Fsp3) is 0.538. The third kappa shape index (κ3) is 4.34. The zero-order valence-electron chi connectivity index (χ0n) is 20.8. The number of likely N-dealkylation sites (tertiary alicyclic amines) is 1. The number of aryl methyl sites for hydroxylation is 1. The second-order valence-electron chi connectivity index (χ2n) is 10.6. The van der Waals surface area contributed by atoms with E-state index in [-0.39, 0.29) is 36.1 Å². The van der Waals surface area contributed by atoms with Crippen molar-refractivity contribution >= 4 is 22.8 Å². The van der Waals surface area contributed by atoms with Crippen LogP contribution in [0.2, 0.25) is 0 Å². The molecule has 3 fully saturated rings. The van der Waals surface area contributed by atoms with Crippen molar-refractivity contribution < 1.29 is 32.0 Å². The first-order valence-electron chi connectivity index (χ1n) is 12.9.